The summed E-state index contributed by atoms with van der Waals surface area (Å²) >= 11 is 3.90. The number of benzene rings is 1. The quantitative estimate of drug-likeness (QED) is 0.501. The van der Waals surface area contributed by atoms with E-state index in [0.717, 1.165) is 5.92 Å². The second-order valence-corrected chi connectivity index (χ2v) is 9.08. The van der Waals surface area contributed by atoms with Crippen molar-refractivity contribution in [2.45, 2.75) is 77.0 Å². The first-order valence-corrected chi connectivity index (χ1v) is 9.53. The van der Waals surface area contributed by atoms with Crippen molar-refractivity contribution in [1.29, 1.82) is 0 Å². The van der Waals surface area contributed by atoms with Crippen molar-refractivity contribution >= 4 is 15.9 Å². The lowest BCUT2D eigenvalue weighted by Gasteiger charge is -2.29. The Hall–Kier alpha value is -0.300. The second kappa shape index (κ2) is 7.31. The average Bonchev–Trinajstić information content (AvgIpc) is 2.47. The van der Waals surface area contributed by atoms with E-state index < -0.39 is 0 Å². The van der Waals surface area contributed by atoms with Gasteiger partial charge in [0.2, 0.25) is 0 Å². The number of halogens is 1. The molecule has 0 radical (unpaired) electrons. The fraction of sp³-hybridized carbons (Fsp3) is 0.700. The minimum atomic E-state index is 0.383. The van der Waals surface area contributed by atoms with Crippen molar-refractivity contribution in [1.82, 2.24) is 0 Å². The fourth-order valence-corrected chi connectivity index (χ4v) is 4.08. The van der Waals surface area contributed by atoms with Crippen LogP contribution in [0, 0.1) is 11.3 Å². The highest BCUT2D eigenvalue weighted by molar-refractivity contribution is 9.09. The summed E-state index contributed by atoms with van der Waals surface area (Å²) in [4.78, 5) is 0.479. The Morgan fingerprint density at radius 3 is 2.14 bits per heavy atom. The molecule has 0 nitrogen and oxygen atoms in total. The molecule has 0 aromatic heterocycles. The molecule has 1 aliphatic rings. The number of hydrogen-bond acceptors (Lipinski definition) is 0. The third kappa shape index (κ3) is 4.84. The largest absolute Gasteiger partial charge is 0.0839 e. The molecule has 0 amide bonds. The summed E-state index contributed by atoms with van der Waals surface area (Å²) in [5.74, 6) is 1.52. The highest BCUT2D eigenvalue weighted by Gasteiger charge is 2.23. The summed E-state index contributed by atoms with van der Waals surface area (Å²) in [6, 6.07) is 9.44. The standard InChI is InChI=1S/C20H31Br/c1-15(20(2,3)4)14-19(21)18-12-10-17(11-13-18)16-8-6-5-7-9-16/h10-13,15-16,19H,5-9,14H2,1-4H3. The van der Waals surface area contributed by atoms with Crippen LogP contribution >= 0.6 is 15.9 Å². The average molecular weight is 351 g/mol. The van der Waals surface area contributed by atoms with Crippen molar-refractivity contribution in [3.63, 3.8) is 0 Å². The highest BCUT2D eigenvalue weighted by Crippen LogP contribution is 2.38. The van der Waals surface area contributed by atoms with E-state index >= 15 is 0 Å². The van der Waals surface area contributed by atoms with Crippen LogP contribution in [0.5, 0.6) is 0 Å². The zero-order chi connectivity index (χ0) is 15.5. The lowest BCUT2D eigenvalue weighted by Crippen LogP contribution is -2.18. The maximum Gasteiger partial charge on any atom is 0.0398 e. The normalized spacial score (nSPS) is 20.2. The van der Waals surface area contributed by atoms with Crippen LogP contribution in [-0.2, 0) is 0 Å². The Labute approximate surface area is 139 Å². The van der Waals surface area contributed by atoms with Gasteiger partial charge in [0, 0.05) is 4.83 Å². The van der Waals surface area contributed by atoms with Crippen molar-refractivity contribution in [2.75, 3.05) is 0 Å². The molecule has 1 fully saturated rings. The number of rotatable bonds is 4. The van der Waals surface area contributed by atoms with Crippen LogP contribution < -0.4 is 0 Å². The molecule has 1 aromatic carbocycles. The Morgan fingerprint density at radius 2 is 1.62 bits per heavy atom. The molecule has 1 saturated carbocycles. The third-order valence-corrected chi connectivity index (χ3v) is 6.32. The summed E-state index contributed by atoms with van der Waals surface area (Å²) in [5, 5.41) is 0. The Morgan fingerprint density at radius 1 is 1.05 bits per heavy atom. The van der Waals surface area contributed by atoms with Gasteiger partial charge in [-0.05, 0) is 47.6 Å². The second-order valence-electron chi connectivity index (χ2n) is 7.97. The van der Waals surface area contributed by atoms with Crippen LogP contribution in [0.15, 0.2) is 24.3 Å². The van der Waals surface area contributed by atoms with Crippen molar-refractivity contribution in [3.05, 3.63) is 35.4 Å². The Balaban J connectivity index is 1.97. The van der Waals surface area contributed by atoms with Crippen LogP contribution in [0.2, 0.25) is 0 Å². The van der Waals surface area contributed by atoms with E-state index in [1.165, 1.54) is 44.1 Å². The molecule has 1 aliphatic carbocycles. The third-order valence-electron chi connectivity index (χ3n) is 5.41. The maximum absolute atomic E-state index is 3.90. The molecule has 0 spiro atoms. The van der Waals surface area contributed by atoms with E-state index in [4.69, 9.17) is 0 Å². The van der Waals surface area contributed by atoms with E-state index in [1.807, 2.05) is 0 Å². The van der Waals surface area contributed by atoms with Crippen LogP contribution in [0.3, 0.4) is 0 Å². The molecule has 118 valence electrons. The van der Waals surface area contributed by atoms with Gasteiger partial charge in [0.1, 0.15) is 0 Å². The maximum atomic E-state index is 3.90. The highest BCUT2D eigenvalue weighted by atomic mass is 79.9. The molecule has 2 atom stereocenters. The summed E-state index contributed by atoms with van der Waals surface area (Å²) < 4.78 is 0. The molecular weight excluding hydrogens is 320 g/mol. The first-order valence-electron chi connectivity index (χ1n) is 8.62. The lowest BCUT2D eigenvalue weighted by molar-refractivity contribution is 0.246. The lowest BCUT2D eigenvalue weighted by atomic mass is 9.78. The molecule has 1 aromatic rings. The van der Waals surface area contributed by atoms with Crippen LogP contribution in [0.1, 0.15) is 88.1 Å². The molecule has 0 saturated heterocycles. The zero-order valence-corrected chi connectivity index (χ0v) is 15.7. The van der Waals surface area contributed by atoms with E-state index in [2.05, 4.69) is 67.9 Å². The zero-order valence-electron chi connectivity index (χ0n) is 14.2. The van der Waals surface area contributed by atoms with Crippen molar-refractivity contribution < 1.29 is 0 Å². The van der Waals surface area contributed by atoms with Gasteiger partial charge < -0.3 is 0 Å². The minimum Gasteiger partial charge on any atom is -0.0839 e. The van der Waals surface area contributed by atoms with Gasteiger partial charge in [-0.3, -0.25) is 0 Å². The summed E-state index contributed by atoms with van der Waals surface area (Å²) in [5.41, 5.74) is 3.38. The topological polar surface area (TPSA) is 0 Å². The SMILES string of the molecule is CC(CC(Br)c1ccc(C2CCCCC2)cc1)C(C)(C)C. The van der Waals surface area contributed by atoms with E-state index in [-0.39, 0.29) is 0 Å². The van der Waals surface area contributed by atoms with E-state index in [0.29, 0.717) is 16.2 Å². The molecular formula is C20H31Br. The van der Waals surface area contributed by atoms with E-state index in [9.17, 15) is 0 Å². The van der Waals surface area contributed by atoms with Gasteiger partial charge in [0.15, 0.2) is 0 Å². The first-order chi connectivity index (χ1) is 9.88. The van der Waals surface area contributed by atoms with Crippen molar-refractivity contribution in [2.24, 2.45) is 11.3 Å². The van der Waals surface area contributed by atoms with Gasteiger partial charge in [-0.25, -0.2) is 0 Å². The molecule has 2 rings (SSSR count). The van der Waals surface area contributed by atoms with Gasteiger partial charge in [-0.2, -0.15) is 0 Å². The first kappa shape index (κ1) is 17.1. The molecule has 0 bridgehead atoms. The number of hydrogen-bond donors (Lipinski definition) is 0. The molecule has 0 aliphatic heterocycles. The Kier molecular flexibility index (Phi) is 5.94. The van der Waals surface area contributed by atoms with Gasteiger partial charge in [-0.1, -0.05) is 87.2 Å². The van der Waals surface area contributed by atoms with E-state index in [1.54, 1.807) is 5.56 Å². The fourth-order valence-electron chi connectivity index (χ4n) is 3.21. The molecule has 0 N–H and O–H groups in total. The van der Waals surface area contributed by atoms with Gasteiger partial charge in [0.25, 0.3) is 0 Å². The monoisotopic (exact) mass is 350 g/mol. The summed E-state index contributed by atoms with van der Waals surface area (Å²) in [6.07, 6.45) is 8.23. The molecule has 0 heterocycles. The minimum absolute atomic E-state index is 0.383. The predicted molar refractivity (Wildman–Crippen MR) is 97.2 cm³/mol. The van der Waals surface area contributed by atoms with Gasteiger partial charge >= 0.3 is 0 Å². The van der Waals surface area contributed by atoms with Gasteiger partial charge in [-0.15, -0.1) is 0 Å². The van der Waals surface area contributed by atoms with Crippen LogP contribution in [0.25, 0.3) is 0 Å². The number of alkyl halides is 1. The summed E-state index contributed by atoms with van der Waals surface area (Å²) in [6.45, 7) is 9.38. The Bertz CT molecular complexity index is 420. The smallest absolute Gasteiger partial charge is 0.0398 e. The molecule has 2 unspecified atom stereocenters. The van der Waals surface area contributed by atoms with Gasteiger partial charge in [0.05, 0.1) is 0 Å². The van der Waals surface area contributed by atoms with Crippen molar-refractivity contribution in [3.8, 4) is 0 Å². The molecule has 1 heteroatoms. The van der Waals surface area contributed by atoms with Crippen LogP contribution in [0.4, 0.5) is 0 Å². The summed E-state index contributed by atoms with van der Waals surface area (Å²) in [7, 11) is 0. The predicted octanol–water partition coefficient (Wildman–Crippen LogP) is 7.24. The van der Waals surface area contributed by atoms with Crippen LogP contribution in [-0.4, -0.2) is 0 Å². The molecule has 21 heavy (non-hydrogen) atoms.